The zero-order valence-corrected chi connectivity index (χ0v) is 16.8. The second kappa shape index (κ2) is 19.1. The van der Waals surface area contributed by atoms with E-state index in [9.17, 15) is 4.79 Å². The maximum atomic E-state index is 10.6. The molecule has 0 aliphatic heterocycles. The van der Waals surface area contributed by atoms with Crippen LogP contribution in [-0.4, -0.2) is 16.5 Å². The van der Waals surface area contributed by atoms with Gasteiger partial charge in [-0.1, -0.05) is 116 Å². The number of unbranched alkanes of at least 4 members (excludes halogenated alkanes) is 16. The van der Waals surface area contributed by atoms with Crippen molar-refractivity contribution in [3.63, 3.8) is 0 Å². The van der Waals surface area contributed by atoms with Crippen LogP contribution in [0.5, 0.6) is 0 Å². The van der Waals surface area contributed by atoms with Gasteiger partial charge >= 0.3 is 5.97 Å². The summed E-state index contributed by atoms with van der Waals surface area (Å²) in [5, 5.41) is 7.99. The molecule has 1 N–H and O–H groups in total. The van der Waals surface area contributed by atoms with E-state index >= 15 is 0 Å². The topological polar surface area (TPSA) is 37.3 Å². The van der Waals surface area contributed by atoms with Crippen molar-refractivity contribution in [2.75, 3.05) is 0 Å². The van der Waals surface area contributed by atoms with Crippen LogP contribution in [0.4, 0.5) is 0 Å². The first-order valence-corrected chi connectivity index (χ1v) is 11.0. The average Bonchev–Trinajstić information content (AvgIpc) is 2.57. The summed E-state index contributed by atoms with van der Waals surface area (Å²) in [5.41, 5.74) is 0. The van der Waals surface area contributed by atoms with Gasteiger partial charge in [0.1, 0.15) is 5.38 Å². The standard InChI is InChI=1S/C21H41ClO2/c1-2-3-4-5-6-7-8-9-10-11-12-13-14-15-16-17-18-19-20(22)21(23)24/h20H,2-19H2,1H3,(H,23,24). The van der Waals surface area contributed by atoms with Crippen LogP contribution in [0.1, 0.15) is 122 Å². The summed E-state index contributed by atoms with van der Waals surface area (Å²) >= 11 is 5.69. The molecule has 0 aromatic rings. The second-order valence-electron chi connectivity index (χ2n) is 7.25. The lowest BCUT2D eigenvalue weighted by atomic mass is 10.0. The third-order valence-electron chi connectivity index (χ3n) is 4.83. The molecule has 0 rings (SSSR count). The van der Waals surface area contributed by atoms with Gasteiger partial charge in [0.2, 0.25) is 0 Å². The van der Waals surface area contributed by atoms with Crippen LogP contribution >= 0.6 is 11.6 Å². The zero-order chi connectivity index (χ0) is 17.9. The van der Waals surface area contributed by atoms with Gasteiger partial charge in [-0.25, -0.2) is 0 Å². The highest BCUT2D eigenvalue weighted by Crippen LogP contribution is 2.15. The van der Waals surface area contributed by atoms with Crippen molar-refractivity contribution in [2.24, 2.45) is 0 Å². The fourth-order valence-electron chi connectivity index (χ4n) is 3.17. The highest BCUT2D eigenvalue weighted by Gasteiger charge is 2.11. The minimum atomic E-state index is -0.881. The predicted octanol–water partition coefficient (Wildman–Crippen LogP) is 7.72. The van der Waals surface area contributed by atoms with E-state index < -0.39 is 11.3 Å². The van der Waals surface area contributed by atoms with Crippen molar-refractivity contribution < 1.29 is 9.90 Å². The number of aliphatic carboxylic acids is 1. The molecule has 0 amide bonds. The van der Waals surface area contributed by atoms with Crippen molar-refractivity contribution in [1.29, 1.82) is 0 Å². The quantitative estimate of drug-likeness (QED) is 0.189. The van der Waals surface area contributed by atoms with Crippen LogP contribution < -0.4 is 0 Å². The van der Waals surface area contributed by atoms with Gasteiger partial charge in [0.25, 0.3) is 0 Å². The number of alkyl halides is 1. The van der Waals surface area contributed by atoms with Crippen LogP contribution in [0, 0.1) is 0 Å². The first-order valence-electron chi connectivity index (χ1n) is 10.5. The van der Waals surface area contributed by atoms with Crippen LogP contribution in [0.3, 0.4) is 0 Å². The summed E-state index contributed by atoms with van der Waals surface area (Å²) in [6, 6.07) is 0. The summed E-state index contributed by atoms with van der Waals surface area (Å²) in [6.45, 7) is 2.28. The van der Waals surface area contributed by atoms with Crippen LogP contribution in [0.25, 0.3) is 0 Å². The van der Waals surface area contributed by atoms with Gasteiger partial charge in [0.05, 0.1) is 0 Å². The lowest BCUT2D eigenvalue weighted by Crippen LogP contribution is -2.12. The SMILES string of the molecule is CCCCCCCCCCCCCCCCCCCC(Cl)C(=O)O. The summed E-state index contributed by atoms with van der Waals surface area (Å²) in [4.78, 5) is 10.6. The van der Waals surface area contributed by atoms with Gasteiger partial charge < -0.3 is 5.11 Å². The van der Waals surface area contributed by atoms with Crippen molar-refractivity contribution in [3.05, 3.63) is 0 Å². The minimum absolute atomic E-state index is 0.607. The summed E-state index contributed by atoms with van der Waals surface area (Å²) in [5.74, 6) is -0.881. The van der Waals surface area contributed by atoms with E-state index in [-0.39, 0.29) is 0 Å². The van der Waals surface area contributed by atoms with Gasteiger partial charge in [0, 0.05) is 0 Å². The fraction of sp³-hybridized carbons (Fsp3) is 0.952. The molecule has 24 heavy (non-hydrogen) atoms. The molecule has 0 saturated heterocycles. The van der Waals surface area contributed by atoms with E-state index in [4.69, 9.17) is 16.7 Å². The second-order valence-corrected chi connectivity index (χ2v) is 7.78. The molecule has 0 aromatic heterocycles. The first-order chi connectivity index (χ1) is 11.7. The summed E-state index contributed by atoms with van der Waals surface area (Å²) in [7, 11) is 0. The van der Waals surface area contributed by atoms with Crippen molar-refractivity contribution in [1.82, 2.24) is 0 Å². The van der Waals surface area contributed by atoms with Crippen LogP contribution in [-0.2, 0) is 4.79 Å². The van der Waals surface area contributed by atoms with Crippen molar-refractivity contribution in [2.45, 2.75) is 128 Å². The molecule has 0 saturated carbocycles. The molecule has 2 nitrogen and oxygen atoms in total. The Balaban J connectivity index is 3.04. The largest absolute Gasteiger partial charge is 0.480 e. The Morgan fingerprint density at radius 2 is 0.958 bits per heavy atom. The van der Waals surface area contributed by atoms with Gasteiger partial charge in [0.15, 0.2) is 0 Å². The Hall–Kier alpha value is -0.240. The molecule has 0 aromatic carbocycles. The van der Waals surface area contributed by atoms with Gasteiger partial charge in [-0.15, -0.1) is 11.6 Å². The highest BCUT2D eigenvalue weighted by atomic mass is 35.5. The van der Waals surface area contributed by atoms with E-state index in [1.165, 1.54) is 96.3 Å². The van der Waals surface area contributed by atoms with Crippen LogP contribution in [0.2, 0.25) is 0 Å². The van der Waals surface area contributed by atoms with Crippen molar-refractivity contribution in [3.8, 4) is 0 Å². The smallest absolute Gasteiger partial charge is 0.321 e. The Labute approximate surface area is 155 Å². The van der Waals surface area contributed by atoms with E-state index in [1.54, 1.807) is 0 Å². The number of hydrogen-bond donors (Lipinski definition) is 1. The zero-order valence-electron chi connectivity index (χ0n) is 16.0. The van der Waals surface area contributed by atoms with Gasteiger partial charge in [-0.3, -0.25) is 4.79 Å². The molecule has 0 radical (unpaired) electrons. The number of halogens is 1. The fourth-order valence-corrected chi connectivity index (χ4v) is 3.33. The van der Waals surface area contributed by atoms with E-state index in [1.807, 2.05) is 0 Å². The third kappa shape index (κ3) is 18.1. The molecule has 0 bridgehead atoms. The summed E-state index contributed by atoms with van der Waals surface area (Å²) < 4.78 is 0. The number of carboxylic acids is 1. The summed E-state index contributed by atoms with van der Waals surface area (Å²) in [6.07, 6.45) is 23.5. The number of carboxylic acid groups (broad SMARTS) is 1. The number of carbonyl (C=O) groups is 1. The molecule has 0 fully saturated rings. The van der Waals surface area contributed by atoms with Crippen molar-refractivity contribution >= 4 is 17.6 Å². The lowest BCUT2D eigenvalue weighted by Gasteiger charge is -2.05. The minimum Gasteiger partial charge on any atom is -0.480 e. The monoisotopic (exact) mass is 360 g/mol. The Morgan fingerprint density at radius 3 is 1.25 bits per heavy atom. The Bertz CT molecular complexity index is 269. The number of hydrogen-bond acceptors (Lipinski definition) is 1. The molecule has 1 unspecified atom stereocenters. The molecule has 0 aliphatic carbocycles. The normalized spacial score (nSPS) is 12.4. The highest BCUT2D eigenvalue weighted by molar-refractivity contribution is 6.29. The maximum absolute atomic E-state index is 10.6. The average molecular weight is 361 g/mol. The number of rotatable bonds is 19. The molecule has 0 spiro atoms. The lowest BCUT2D eigenvalue weighted by molar-refractivity contribution is -0.136. The maximum Gasteiger partial charge on any atom is 0.321 e. The van der Waals surface area contributed by atoms with E-state index in [2.05, 4.69) is 6.92 Å². The molecule has 0 heterocycles. The molecule has 3 heteroatoms. The van der Waals surface area contributed by atoms with Gasteiger partial charge in [-0.05, 0) is 6.42 Å². The molecule has 1 atom stereocenters. The molecular formula is C21H41ClO2. The van der Waals surface area contributed by atoms with E-state index in [0.717, 1.165) is 12.8 Å². The third-order valence-corrected chi connectivity index (χ3v) is 5.23. The first kappa shape index (κ1) is 23.8. The molecular weight excluding hydrogens is 320 g/mol. The molecule has 0 aliphatic rings. The van der Waals surface area contributed by atoms with E-state index in [0.29, 0.717) is 6.42 Å². The van der Waals surface area contributed by atoms with Gasteiger partial charge in [-0.2, -0.15) is 0 Å². The Morgan fingerprint density at radius 1 is 0.667 bits per heavy atom. The van der Waals surface area contributed by atoms with Crippen LogP contribution in [0.15, 0.2) is 0 Å². The Kier molecular flexibility index (Phi) is 18.9. The molecule has 144 valence electrons. The predicted molar refractivity (Wildman–Crippen MR) is 106 cm³/mol.